The van der Waals surface area contributed by atoms with Crippen LogP contribution in [0.2, 0.25) is 0 Å². The zero-order valence-corrected chi connectivity index (χ0v) is 10.1. The molecule has 1 aromatic carbocycles. The van der Waals surface area contributed by atoms with E-state index in [0.29, 0.717) is 16.7 Å². The molecule has 0 N–H and O–H groups in total. The van der Waals surface area contributed by atoms with Gasteiger partial charge >= 0.3 is 6.18 Å². The molecular weight excluding hydrogens is 255 g/mol. The van der Waals surface area contributed by atoms with Gasteiger partial charge in [-0.15, -0.1) is 0 Å². The molecule has 0 amide bonds. The van der Waals surface area contributed by atoms with Gasteiger partial charge in [0.2, 0.25) is 0 Å². The van der Waals surface area contributed by atoms with Gasteiger partial charge in [0.15, 0.2) is 0 Å². The molecule has 0 aliphatic rings. The summed E-state index contributed by atoms with van der Waals surface area (Å²) in [5.41, 5.74) is 2.59. The molecule has 0 aliphatic carbocycles. The summed E-state index contributed by atoms with van der Waals surface area (Å²) in [6.07, 6.45) is -1.61. The van der Waals surface area contributed by atoms with E-state index in [1.807, 2.05) is 13.0 Å². The summed E-state index contributed by atoms with van der Waals surface area (Å²) in [7, 11) is 0. The van der Waals surface area contributed by atoms with Crippen LogP contribution < -0.4 is 0 Å². The van der Waals surface area contributed by atoms with Gasteiger partial charge in [0.25, 0.3) is 0 Å². The molecule has 0 unspecified atom stereocenters. The fraction of sp³-hybridized carbons (Fsp3) is 0.231. The molecule has 2 aromatic rings. The number of aryl methyl sites for hydroxylation is 1. The Kier molecular flexibility index (Phi) is 3.30. The van der Waals surface area contributed by atoms with Crippen molar-refractivity contribution in [2.24, 2.45) is 0 Å². The first kappa shape index (κ1) is 13.1. The van der Waals surface area contributed by atoms with Crippen LogP contribution in [0.15, 0.2) is 30.6 Å². The van der Waals surface area contributed by atoms with Gasteiger partial charge < -0.3 is 0 Å². The minimum atomic E-state index is -4.30. The van der Waals surface area contributed by atoms with Crippen molar-refractivity contribution in [3.05, 3.63) is 41.7 Å². The highest BCUT2D eigenvalue weighted by atomic mass is 19.4. The van der Waals surface area contributed by atoms with E-state index in [-0.39, 0.29) is 0 Å². The highest BCUT2D eigenvalue weighted by molar-refractivity contribution is 5.64. The number of aromatic nitrogens is 2. The summed E-state index contributed by atoms with van der Waals surface area (Å²) >= 11 is 0. The Labute approximate surface area is 107 Å². The van der Waals surface area contributed by atoms with Crippen LogP contribution in [0.1, 0.15) is 11.1 Å². The van der Waals surface area contributed by atoms with E-state index in [4.69, 9.17) is 5.26 Å². The molecule has 0 spiro atoms. The Morgan fingerprint density at radius 1 is 1.26 bits per heavy atom. The first-order valence-corrected chi connectivity index (χ1v) is 5.49. The summed E-state index contributed by atoms with van der Waals surface area (Å²) in [4.78, 5) is 0. The standard InChI is InChI=1S/C13H10F3N3/c1-9-2-10(5-17)4-11(3-9)12-6-18-19(7-12)8-13(14,15)16/h2-4,6-7H,8H2,1H3. The Hall–Kier alpha value is -2.29. The molecule has 0 bridgehead atoms. The Balaban J connectivity index is 2.33. The van der Waals surface area contributed by atoms with E-state index in [2.05, 4.69) is 5.10 Å². The first-order valence-electron chi connectivity index (χ1n) is 5.49. The van der Waals surface area contributed by atoms with Gasteiger partial charge in [0.1, 0.15) is 6.54 Å². The third-order valence-corrected chi connectivity index (χ3v) is 2.51. The van der Waals surface area contributed by atoms with E-state index in [1.54, 1.807) is 18.2 Å². The van der Waals surface area contributed by atoms with Crippen molar-refractivity contribution in [3.63, 3.8) is 0 Å². The van der Waals surface area contributed by atoms with E-state index in [9.17, 15) is 13.2 Å². The summed E-state index contributed by atoms with van der Waals surface area (Å²) in [5.74, 6) is 0. The lowest BCUT2D eigenvalue weighted by molar-refractivity contribution is -0.142. The number of benzene rings is 1. The second-order valence-electron chi connectivity index (χ2n) is 4.24. The lowest BCUT2D eigenvalue weighted by Crippen LogP contribution is -2.17. The second-order valence-corrected chi connectivity index (χ2v) is 4.24. The number of nitriles is 1. The minimum absolute atomic E-state index is 0.471. The molecule has 1 heterocycles. The van der Waals surface area contributed by atoms with Gasteiger partial charge in [0, 0.05) is 11.8 Å². The molecule has 98 valence electrons. The highest BCUT2D eigenvalue weighted by Crippen LogP contribution is 2.23. The van der Waals surface area contributed by atoms with Gasteiger partial charge in [-0.3, -0.25) is 4.68 Å². The lowest BCUT2D eigenvalue weighted by atomic mass is 10.0. The highest BCUT2D eigenvalue weighted by Gasteiger charge is 2.28. The second kappa shape index (κ2) is 4.76. The molecule has 0 saturated heterocycles. The maximum Gasteiger partial charge on any atom is 0.408 e. The summed E-state index contributed by atoms with van der Waals surface area (Å²) in [6, 6.07) is 7.16. The van der Waals surface area contributed by atoms with E-state index >= 15 is 0 Å². The zero-order valence-electron chi connectivity index (χ0n) is 10.1. The van der Waals surface area contributed by atoms with Gasteiger partial charge in [-0.2, -0.15) is 23.5 Å². The van der Waals surface area contributed by atoms with Crippen molar-refractivity contribution in [1.82, 2.24) is 9.78 Å². The van der Waals surface area contributed by atoms with Crippen LogP contribution in [0.25, 0.3) is 11.1 Å². The molecule has 1 aromatic heterocycles. The van der Waals surface area contributed by atoms with Crippen molar-refractivity contribution in [3.8, 4) is 17.2 Å². The predicted molar refractivity (Wildman–Crippen MR) is 63.2 cm³/mol. The van der Waals surface area contributed by atoms with Gasteiger partial charge in [-0.1, -0.05) is 6.07 Å². The number of alkyl halides is 3. The monoisotopic (exact) mass is 265 g/mol. The number of rotatable bonds is 2. The fourth-order valence-corrected chi connectivity index (χ4v) is 1.80. The average molecular weight is 265 g/mol. The number of hydrogen-bond donors (Lipinski definition) is 0. The Bertz CT molecular complexity index is 635. The van der Waals surface area contributed by atoms with E-state index in [1.165, 1.54) is 12.4 Å². The molecular formula is C13H10F3N3. The molecule has 2 rings (SSSR count). The third-order valence-electron chi connectivity index (χ3n) is 2.51. The van der Waals surface area contributed by atoms with Gasteiger partial charge in [-0.05, 0) is 30.2 Å². The normalized spacial score (nSPS) is 11.3. The van der Waals surface area contributed by atoms with Crippen molar-refractivity contribution in [2.45, 2.75) is 19.6 Å². The quantitative estimate of drug-likeness (QED) is 0.836. The summed E-state index contributed by atoms with van der Waals surface area (Å²) in [5, 5.41) is 12.5. The van der Waals surface area contributed by atoms with E-state index < -0.39 is 12.7 Å². The van der Waals surface area contributed by atoms with Gasteiger partial charge in [0.05, 0.1) is 17.8 Å². The van der Waals surface area contributed by atoms with Crippen LogP contribution in [0.4, 0.5) is 13.2 Å². The van der Waals surface area contributed by atoms with Crippen LogP contribution >= 0.6 is 0 Å². The molecule has 0 fully saturated rings. The van der Waals surface area contributed by atoms with Crippen molar-refractivity contribution < 1.29 is 13.2 Å². The van der Waals surface area contributed by atoms with Crippen LogP contribution in [0, 0.1) is 18.3 Å². The molecule has 6 heteroatoms. The minimum Gasteiger partial charge on any atom is -0.263 e. The fourth-order valence-electron chi connectivity index (χ4n) is 1.80. The van der Waals surface area contributed by atoms with Crippen molar-refractivity contribution >= 4 is 0 Å². The van der Waals surface area contributed by atoms with Crippen LogP contribution in [0.3, 0.4) is 0 Å². The van der Waals surface area contributed by atoms with Crippen LogP contribution in [-0.4, -0.2) is 16.0 Å². The predicted octanol–water partition coefficient (Wildman–Crippen LogP) is 3.29. The molecule has 3 nitrogen and oxygen atoms in total. The largest absolute Gasteiger partial charge is 0.408 e. The lowest BCUT2D eigenvalue weighted by Gasteiger charge is -2.05. The summed E-state index contributed by atoms with van der Waals surface area (Å²) in [6.45, 7) is 0.703. The smallest absolute Gasteiger partial charge is 0.263 e. The first-order chi connectivity index (χ1) is 8.87. The topological polar surface area (TPSA) is 41.6 Å². The zero-order chi connectivity index (χ0) is 14.0. The van der Waals surface area contributed by atoms with E-state index in [0.717, 1.165) is 10.2 Å². The third kappa shape index (κ3) is 3.35. The van der Waals surface area contributed by atoms with Gasteiger partial charge in [-0.25, -0.2) is 0 Å². The molecule has 0 atom stereocenters. The molecule has 0 saturated carbocycles. The Morgan fingerprint density at radius 3 is 2.63 bits per heavy atom. The number of halogens is 3. The number of hydrogen-bond acceptors (Lipinski definition) is 2. The molecule has 0 radical (unpaired) electrons. The SMILES string of the molecule is Cc1cc(C#N)cc(-c2cnn(CC(F)(F)F)c2)c1. The summed E-state index contributed by atoms with van der Waals surface area (Å²) < 4.78 is 37.5. The molecule has 0 aliphatic heterocycles. The maximum absolute atomic E-state index is 12.2. The molecule has 19 heavy (non-hydrogen) atoms. The maximum atomic E-state index is 12.2. The van der Waals surface area contributed by atoms with Crippen LogP contribution in [0.5, 0.6) is 0 Å². The number of nitrogens with zero attached hydrogens (tertiary/aromatic N) is 3. The van der Waals surface area contributed by atoms with Crippen LogP contribution in [-0.2, 0) is 6.54 Å². The van der Waals surface area contributed by atoms with Crippen molar-refractivity contribution in [2.75, 3.05) is 0 Å². The Morgan fingerprint density at radius 2 is 2.00 bits per heavy atom. The average Bonchev–Trinajstić information content (AvgIpc) is 2.74. The van der Waals surface area contributed by atoms with Crippen molar-refractivity contribution in [1.29, 1.82) is 5.26 Å².